The number of fused-ring (bicyclic) bond motifs is 1. The fourth-order valence-corrected chi connectivity index (χ4v) is 1.32. The van der Waals surface area contributed by atoms with Crippen LogP contribution in [0.3, 0.4) is 0 Å². The Labute approximate surface area is 75.8 Å². The number of hydrogen-bond acceptors (Lipinski definition) is 4. The van der Waals surface area contributed by atoms with Gasteiger partial charge in [0.15, 0.2) is 5.65 Å². The Bertz CT molecular complexity index is 419. The molecule has 13 heavy (non-hydrogen) atoms. The van der Waals surface area contributed by atoms with Crippen LogP contribution in [0.5, 0.6) is 0 Å². The number of hydrogen-bond donors (Lipinski definition) is 1. The lowest BCUT2D eigenvalue weighted by molar-refractivity contribution is 0.672. The summed E-state index contributed by atoms with van der Waals surface area (Å²) in [7, 11) is 1.86. The molecule has 0 fully saturated rings. The van der Waals surface area contributed by atoms with Crippen molar-refractivity contribution in [3.63, 3.8) is 0 Å². The van der Waals surface area contributed by atoms with Crippen LogP contribution in [0.1, 0.15) is 6.92 Å². The van der Waals surface area contributed by atoms with Gasteiger partial charge < -0.3 is 5.32 Å². The van der Waals surface area contributed by atoms with E-state index in [4.69, 9.17) is 0 Å². The summed E-state index contributed by atoms with van der Waals surface area (Å²) in [5.74, 6) is 0. The Balaban J connectivity index is 2.72. The molecule has 0 bridgehead atoms. The van der Waals surface area contributed by atoms with Crippen molar-refractivity contribution >= 4 is 16.7 Å². The van der Waals surface area contributed by atoms with Crippen LogP contribution in [0, 0.1) is 0 Å². The Kier molecular flexibility index (Phi) is 1.84. The maximum Gasteiger partial charge on any atom is 0.182 e. The number of aryl methyl sites for hydroxylation is 1. The van der Waals surface area contributed by atoms with E-state index >= 15 is 0 Å². The van der Waals surface area contributed by atoms with Crippen molar-refractivity contribution < 1.29 is 0 Å². The molecule has 0 saturated carbocycles. The van der Waals surface area contributed by atoms with Crippen molar-refractivity contribution in [2.24, 2.45) is 0 Å². The monoisotopic (exact) mass is 177 g/mol. The van der Waals surface area contributed by atoms with Crippen LogP contribution in [0.4, 0.5) is 5.69 Å². The van der Waals surface area contributed by atoms with Gasteiger partial charge in [-0.1, -0.05) is 0 Å². The Morgan fingerprint density at radius 3 is 3.00 bits per heavy atom. The van der Waals surface area contributed by atoms with Gasteiger partial charge in [-0.05, 0) is 6.92 Å². The minimum absolute atomic E-state index is 0.811. The zero-order valence-corrected chi connectivity index (χ0v) is 7.65. The summed E-state index contributed by atoms with van der Waals surface area (Å²) in [6, 6.07) is 0. The van der Waals surface area contributed by atoms with Crippen molar-refractivity contribution in [2.75, 3.05) is 12.4 Å². The minimum atomic E-state index is 0.811. The number of aromatic nitrogens is 4. The van der Waals surface area contributed by atoms with Gasteiger partial charge in [0.25, 0.3) is 0 Å². The molecule has 0 amide bonds. The SMILES string of the molecule is CCn1ncc2c(NC)cnnc21. The van der Waals surface area contributed by atoms with Gasteiger partial charge in [0.1, 0.15) is 0 Å². The van der Waals surface area contributed by atoms with Gasteiger partial charge in [-0.3, -0.25) is 0 Å². The predicted molar refractivity (Wildman–Crippen MR) is 50.5 cm³/mol. The highest BCUT2D eigenvalue weighted by molar-refractivity contribution is 5.87. The van der Waals surface area contributed by atoms with E-state index in [1.807, 2.05) is 18.7 Å². The Morgan fingerprint density at radius 1 is 1.46 bits per heavy atom. The lowest BCUT2D eigenvalue weighted by Gasteiger charge is -2.00. The number of anilines is 1. The van der Waals surface area contributed by atoms with Gasteiger partial charge in [0.2, 0.25) is 0 Å². The maximum atomic E-state index is 4.20. The summed E-state index contributed by atoms with van der Waals surface area (Å²) in [5.41, 5.74) is 1.79. The van der Waals surface area contributed by atoms with E-state index in [0.29, 0.717) is 0 Å². The van der Waals surface area contributed by atoms with Crippen LogP contribution in [0.25, 0.3) is 11.0 Å². The smallest absolute Gasteiger partial charge is 0.182 e. The molecule has 0 saturated heterocycles. The molecule has 2 rings (SSSR count). The molecule has 0 unspecified atom stereocenters. The molecule has 2 heterocycles. The zero-order valence-electron chi connectivity index (χ0n) is 7.65. The van der Waals surface area contributed by atoms with E-state index in [2.05, 4.69) is 20.6 Å². The average Bonchev–Trinajstić information content (AvgIpc) is 2.60. The van der Waals surface area contributed by atoms with Gasteiger partial charge in [-0.25, -0.2) is 4.68 Å². The van der Waals surface area contributed by atoms with E-state index in [0.717, 1.165) is 23.3 Å². The Morgan fingerprint density at radius 2 is 2.31 bits per heavy atom. The first-order chi connectivity index (χ1) is 6.36. The fraction of sp³-hybridized carbons (Fsp3) is 0.375. The van der Waals surface area contributed by atoms with E-state index in [1.165, 1.54) is 0 Å². The fourth-order valence-electron chi connectivity index (χ4n) is 1.32. The minimum Gasteiger partial charge on any atom is -0.386 e. The van der Waals surface area contributed by atoms with Gasteiger partial charge in [0.05, 0.1) is 23.5 Å². The van der Waals surface area contributed by atoms with Crippen LogP contribution in [0.15, 0.2) is 12.4 Å². The number of nitrogens with one attached hydrogen (secondary N) is 1. The second-order valence-corrected chi connectivity index (χ2v) is 2.71. The first kappa shape index (κ1) is 7.97. The van der Waals surface area contributed by atoms with Crippen LogP contribution < -0.4 is 5.32 Å². The molecular formula is C8H11N5. The number of rotatable bonds is 2. The van der Waals surface area contributed by atoms with E-state index in [9.17, 15) is 0 Å². The lowest BCUT2D eigenvalue weighted by Crippen LogP contribution is -1.99. The molecule has 0 aromatic carbocycles. The first-order valence-electron chi connectivity index (χ1n) is 4.21. The van der Waals surface area contributed by atoms with Gasteiger partial charge in [0, 0.05) is 13.6 Å². The quantitative estimate of drug-likeness (QED) is 0.740. The van der Waals surface area contributed by atoms with Gasteiger partial charge in [-0.15, -0.1) is 5.10 Å². The standard InChI is InChI=1S/C8H11N5/c1-3-13-8-6(4-11-13)7(9-2)5-10-12-8/h4-5H,3H2,1-2H3,(H,9,12). The van der Waals surface area contributed by atoms with E-state index in [-0.39, 0.29) is 0 Å². The molecule has 5 nitrogen and oxygen atoms in total. The molecule has 2 aromatic heterocycles. The highest BCUT2D eigenvalue weighted by Crippen LogP contribution is 2.18. The van der Waals surface area contributed by atoms with Crippen molar-refractivity contribution in [1.29, 1.82) is 0 Å². The summed E-state index contributed by atoms with van der Waals surface area (Å²) < 4.78 is 1.82. The summed E-state index contributed by atoms with van der Waals surface area (Å²) in [6.07, 6.45) is 3.50. The van der Waals surface area contributed by atoms with Crippen LogP contribution in [-0.2, 0) is 6.54 Å². The highest BCUT2D eigenvalue weighted by Gasteiger charge is 2.06. The largest absolute Gasteiger partial charge is 0.386 e. The van der Waals surface area contributed by atoms with Crippen LogP contribution in [-0.4, -0.2) is 27.0 Å². The summed E-state index contributed by atoms with van der Waals surface area (Å²) in [5, 5.41) is 16.2. The number of nitrogens with zero attached hydrogens (tertiary/aromatic N) is 4. The van der Waals surface area contributed by atoms with E-state index < -0.39 is 0 Å². The Hall–Kier alpha value is -1.65. The highest BCUT2D eigenvalue weighted by atomic mass is 15.3. The molecule has 0 spiro atoms. The van der Waals surface area contributed by atoms with E-state index in [1.54, 1.807) is 12.4 Å². The molecule has 0 aliphatic heterocycles. The maximum absolute atomic E-state index is 4.20. The van der Waals surface area contributed by atoms with Crippen LogP contribution >= 0.6 is 0 Å². The zero-order chi connectivity index (χ0) is 9.26. The molecule has 5 heteroatoms. The summed E-state index contributed by atoms with van der Waals surface area (Å²) in [4.78, 5) is 0. The van der Waals surface area contributed by atoms with Gasteiger partial charge >= 0.3 is 0 Å². The lowest BCUT2D eigenvalue weighted by atomic mass is 10.3. The second-order valence-electron chi connectivity index (χ2n) is 2.71. The third kappa shape index (κ3) is 1.12. The molecule has 68 valence electrons. The molecule has 0 aliphatic carbocycles. The van der Waals surface area contributed by atoms with Crippen molar-refractivity contribution in [2.45, 2.75) is 13.5 Å². The third-order valence-corrected chi connectivity index (χ3v) is 2.01. The second kappa shape index (κ2) is 3.01. The van der Waals surface area contributed by atoms with Crippen molar-refractivity contribution in [3.8, 4) is 0 Å². The van der Waals surface area contributed by atoms with Crippen molar-refractivity contribution in [3.05, 3.63) is 12.4 Å². The molecule has 1 N–H and O–H groups in total. The van der Waals surface area contributed by atoms with Crippen molar-refractivity contribution in [1.82, 2.24) is 20.0 Å². The summed E-state index contributed by atoms with van der Waals surface area (Å²) >= 11 is 0. The molecule has 0 radical (unpaired) electrons. The summed E-state index contributed by atoms with van der Waals surface area (Å²) in [6.45, 7) is 2.84. The third-order valence-electron chi connectivity index (χ3n) is 2.01. The topological polar surface area (TPSA) is 55.6 Å². The molecule has 0 atom stereocenters. The molecular weight excluding hydrogens is 166 g/mol. The first-order valence-corrected chi connectivity index (χ1v) is 4.21. The molecule has 2 aromatic rings. The van der Waals surface area contributed by atoms with Gasteiger partial charge in [-0.2, -0.15) is 10.2 Å². The average molecular weight is 177 g/mol. The predicted octanol–water partition coefficient (Wildman–Crippen LogP) is 0.888. The van der Waals surface area contributed by atoms with Crippen LogP contribution in [0.2, 0.25) is 0 Å². The normalized spacial score (nSPS) is 10.6. The molecule has 0 aliphatic rings.